The number of carbonyl (C=O) groups is 3. The number of benzene rings is 1. The highest BCUT2D eigenvalue weighted by molar-refractivity contribution is 5.92. The number of aromatic nitrogens is 2. The molecule has 0 bridgehead atoms. The highest BCUT2D eigenvalue weighted by Gasteiger charge is 2.24. The van der Waals surface area contributed by atoms with Crippen molar-refractivity contribution in [3.05, 3.63) is 47.7 Å². The van der Waals surface area contributed by atoms with Crippen molar-refractivity contribution in [2.75, 3.05) is 38.6 Å². The van der Waals surface area contributed by atoms with Crippen LogP contribution in [0.25, 0.3) is 0 Å². The normalized spacial score (nSPS) is 13.8. The van der Waals surface area contributed by atoms with Crippen molar-refractivity contribution < 1.29 is 19.1 Å². The molecule has 1 aromatic heterocycles. The second-order valence-corrected chi connectivity index (χ2v) is 6.30. The zero-order valence-electron chi connectivity index (χ0n) is 15.7. The second kappa shape index (κ2) is 8.47. The van der Waals surface area contributed by atoms with Gasteiger partial charge in [-0.2, -0.15) is 0 Å². The van der Waals surface area contributed by atoms with E-state index in [2.05, 4.69) is 20.3 Å². The van der Waals surface area contributed by atoms with Gasteiger partial charge in [-0.3, -0.25) is 9.59 Å². The lowest BCUT2D eigenvalue weighted by molar-refractivity contribution is -0.130. The summed E-state index contributed by atoms with van der Waals surface area (Å²) in [5, 5.41) is 11.1. The first kappa shape index (κ1) is 19.3. The van der Waals surface area contributed by atoms with Gasteiger partial charge in [0.15, 0.2) is 11.5 Å². The number of hydrogen-bond acceptors (Lipinski definition) is 7. The molecule has 0 saturated carbocycles. The Hall–Kier alpha value is -3.49. The largest absolute Gasteiger partial charge is 0.465 e. The van der Waals surface area contributed by atoms with Gasteiger partial charge in [-0.25, -0.2) is 4.79 Å². The van der Waals surface area contributed by atoms with Gasteiger partial charge in [0.05, 0.1) is 12.7 Å². The molecule has 0 unspecified atom stereocenters. The fourth-order valence-electron chi connectivity index (χ4n) is 2.85. The first-order chi connectivity index (χ1) is 13.5. The number of amides is 2. The number of nitrogens with zero attached hydrogens (tertiary/aromatic N) is 4. The Bertz CT molecular complexity index is 859. The summed E-state index contributed by atoms with van der Waals surface area (Å²) in [6.45, 7) is 3.53. The molecule has 9 nitrogen and oxygen atoms in total. The molecule has 1 aliphatic rings. The molecular weight excluding hydrogens is 362 g/mol. The van der Waals surface area contributed by atoms with Crippen molar-refractivity contribution in [3.63, 3.8) is 0 Å². The zero-order chi connectivity index (χ0) is 20.1. The van der Waals surface area contributed by atoms with Gasteiger partial charge >= 0.3 is 5.97 Å². The molecule has 0 radical (unpaired) electrons. The third kappa shape index (κ3) is 4.43. The maximum atomic E-state index is 12.5. The fourth-order valence-corrected chi connectivity index (χ4v) is 2.85. The molecule has 1 aromatic carbocycles. The number of ether oxygens (including phenoxy) is 1. The van der Waals surface area contributed by atoms with Gasteiger partial charge in [0.2, 0.25) is 5.91 Å². The van der Waals surface area contributed by atoms with E-state index in [9.17, 15) is 14.4 Å². The van der Waals surface area contributed by atoms with Crippen molar-refractivity contribution in [1.82, 2.24) is 20.0 Å². The predicted octanol–water partition coefficient (Wildman–Crippen LogP) is 1.31. The number of nitrogens with one attached hydrogen (secondary N) is 1. The number of methoxy groups -OCH3 is 1. The van der Waals surface area contributed by atoms with Crippen molar-refractivity contribution in [1.29, 1.82) is 0 Å². The Morgan fingerprint density at radius 3 is 2.11 bits per heavy atom. The number of hydrogen-bond donors (Lipinski definition) is 1. The second-order valence-electron chi connectivity index (χ2n) is 6.30. The van der Waals surface area contributed by atoms with Crippen molar-refractivity contribution >= 4 is 29.3 Å². The molecule has 2 heterocycles. The zero-order valence-corrected chi connectivity index (χ0v) is 15.7. The molecule has 3 rings (SSSR count). The third-order valence-corrected chi connectivity index (χ3v) is 4.47. The molecule has 2 aromatic rings. The van der Waals surface area contributed by atoms with Crippen LogP contribution < -0.4 is 5.32 Å². The van der Waals surface area contributed by atoms with E-state index in [4.69, 9.17) is 0 Å². The van der Waals surface area contributed by atoms with Crippen LogP contribution in [0.1, 0.15) is 27.8 Å². The topological polar surface area (TPSA) is 105 Å². The Morgan fingerprint density at radius 2 is 1.57 bits per heavy atom. The average Bonchev–Trinajstić information content (AvgIpc) is 2.74. The van der Waals surface area contributed by atoms with Crippen molar-refractivity contribution in [2.24, 2.45) is 0 Å². The quantitative estimate of drug-likeness (QED) is 0.794. The first-order valence-corrected chi connectivity index (χ1v) is 8.82. The molecule has 2 amide bonds. The summed E-state index contributed by atoms with van der Waals surface area (Å²) in [5.74, 6) is -0.117. The molecule has 1 N–H and O–H groups in total. The van der Waals surface area contributed by atoms with E-state index in [0.717, 1.165) is 5.69 Å². The number of anilines is 2. The summed E-state index contributed by atoms with van der Waals surface area (Å²) in [6.07, 6.45) is 0. The highest BCUT2D eigenvalue weighted by atomic mass is 16.5. The Kier molecular flexibility index (Phi) is 5.83. The van der Waals surface area contributed by atoms with Crippen LogP contribution in [0.15, 0.2) is 36.4 Å². The van der Waals surface area contributed by atoms with Crippen LogP contribution in [0.3, 0.4) is 0 Å². The van der Waals surface area contributed by atoms with E-state index in [1.54, 1.807) is 46.2 Å². The van der Waals surface area contributed by atoms with Gasteiger partial charge in [-0.1, -0.05) is 0 Å². The van der Waals surface area contributed by atoms with Gasteiger partial charge in [0.25, 0.3) is 5.91 Å². The molecule has 0 spiro atoms. The lowest BCUT2D eigenvalue weighted by Gasteiger charge is -2.33. The summed E-state index contributed by atoms with van der Waals surface area (Å²) in [4.78, 5) is 38.7. The van der Waals surface area contributed by atoms with Gasteiger partial charge in [-0.15, -0.1) is 10.2 Å². The van der Waals surface area contributed by atoms with E-state index in [-0.39, 0.29) is 17.5 Å². The van der Waals surface area contributed by atoms with Gasteiger partial charge in [0, 0.05) is 38.8 Å². The standard InChI is InChI=1S/C19H21N5O4/c1-13(25)23-9-11-24(12-10-23)18(26)16-7-8-17(22-21-16)20-15-5-3-14(4-6-15)19(27)28-2/h3-8H,9-12H2,1-2H3,(H,20,22). The minimum absolute atomic E-state index is 0.0157. The molecule has 146 valence electrons. The van der Waals surface area contributed by atoms with Crippen LogP contribution in [-0.4, -0.2) is 71.1 Å². The summed E-state index contributed by atoms with van der Waals surface area (Å²) in [7, 11) is 1.33. The van der Waals surface area contributed by atoms with E-state index in [1.165, 1.54) is 14.0 Å². The van der Waals surface area contributed by atoms with Crippen LogP contribution in [0.2, 0.25) is 0 Å². The molecule has 1 aliphatic heterocycles. The van der Waals surface area contributed by atoms with Crippen LogP contribution in [-0.2, 0) is 9.53 Å². The maximum absolute atomic E-state index is 12.5. The SMILES string of the molecule is COC(=O)c1ccc(Nc2ccc(C(=O)N3CCN(C(C)=O)CC3)nn2)cc1. The van der Waals surface area contributed by atoms with Crippen LogP contribution >= 0.6 is 0 Å². The van der Waals surface area contributed by atoms with Crippen LogP contribution in [0.4, 0.5) is 11.5 Å². The van der Waals surface area contributed by atoms with Gasteiger partial charge in [-0.05, 0) is 36.4 Å². The average molecular weight is 383 g/mol. The Labute approximate surface area is 162 Å². The molecule has 28 heavy (non-hydrogen) atoms. The minimum atomic E-state index is -0.404. The van der Waals surface area contributed by atoms with E-state index in [0.29, 0.717) is 37.6 Å². The summed E-state index contributed by atoms with van der Waals surface area (Å²) in [5.41, 5.74) is 1.43. The summed E-state index contributed by atoms with van der Waals surface area (Å²) in [6, 6.07) is 10.0. The van der Waals surface area contributed by atoms with E-state index >= 15 is 0 Å². The number of carbonyl (C=O) groups excluding carboxylic acids is 3. The smallest absolute Gasteiger partial charge is 0.337 e. The summed E-state index contributed by atoms with van der Waals surface area (Å²) < 4.78 is 4.66. The monoisotopic (exact) mass is 383 g/mol. The molecule has 9 heteroatoms. The van der Waals surface area contributed by atoms with Crippen LogP contribution in [0.5, 0.6) is 0 Å². The van der Waals surface area contributed by atoms with E-state index in [1.807, 2.05) is 0 Å². The lowest BCUT2D eigenvalue weighted by Crippen LogP contribution is -2.50. The van der Waals surface area contributed by atoms with E-state index < -0.39 is 5.97 Å². The highest BCUT2D eigenvalue weighted by Crippen LogP contribution is 2.16. The molecule has 0 atom stereocenters. The molecule has 1 fully saturated rings. The minimum Gasteiger partial charge on any atom is -0.465 e. The predicted molar refractivity (Wildman–Crippen MR) is 101 cm³/mol. The summed E-state index contributed by atoms with van der Waals surface area (Å²) >= 11 is 0. The fraction of sp³-hybridized carbons (Fsp3) is 0.316. The maximum Gasteiger partial charge on any atom is 0.337 e. The third-order valence-electron chi connectivity index (χ3n) is 4.47. The number of piperazine rings is 1. The van der Waals surface area contributed by atoms with Crippen molar-refractivity contribution in [2.45, 2.75) is 6.92 Å². The molecule has 1 saturated heterocycles. The number of esters is 1. The molecular formula is C19H21N5O4. The van der Waals surface area contributed by atoms with Gasteiger partial charge < -0.3 is 19.9 Å². The number of rotatable bonds is 4. The lowest BCUT2D eigenvalue weighted by atomic mass is 10.2. The van der Waals surface area contributed by atoms with Crippen LogP contribution in [0, 0.1) is 0 Å². The first-order valence-electron chi connectivity index (χ1n) is 8.82. The molecule has 0 aliphatic carbocycles. The van der Waals surface area contributed by atoms with Crippen molar-refractivity contribution in [3.8, 4) is 0 Å². The van der Waals surface area contributed by atoms with Gasteiger partial charge in [0.1, 0.15) is 0 Å². The Morgan fingerprint density at radius 1 is 0.929 bits per heavy atom. The Balaban J connectivity index is 1.59.